The second-order valence-corrected chi connectivity index (χ2v) is 5.85. The van der Waals surface area contributed by atoms with Gasteiger partial charge in [-0.25, -0.2) is 4.79 Å². The van der Waals surface area contributed by atoms with Crippen LogP contribution in [0, 0.1) is 5.92 Å². The van der Waals surface area contributed by atoms with Gasteiger partial charge in [0.25, 0.3) is 0 Å². The van der Waals surface area contributed by atoms with Crippen molar-refractivity contribution in [1.29, 1.82) is 0 Å². The van der Waals surface area contributed by atoms with Crippen LogP contribution in [0.25, 0.3) is 0 Å². The Labute approximate surface area is 113 Å². The fraction of sp³-hybridized carbons (Fsp3) is 0.846. The largest absolute Gasteiger partial charge is 0.469 e. The summed E-state index contributed by atoms with van der Waals surface area (Å²) in [6.07, 6.45) is 0.107. The molecule has 19 heavy (non-hydrogen) atoms. The fourth-order valence-electron chi connectivity index (χ4n) is 2.15. The summed E-state index contributed by atoms with van der Waals surface area (Å²) in [7, 11) is 1.33. The van der Waals surface area contributed by atoms with Gasteiger partial charge in [0, 0.05) is 0 Å². The number of carbonyl (C=O) groups excluding carboxylic acids is 2. The van der Waals surface area contributed by atoms with Gasteiger partial charge in [0.15, 0.2) is 0 Å². The molecule has 110 valence electrons. The van der Waals surface area contributed by atoms with Crippen molar-refractivity contribution in [3.8, 4) is 0 Å². The molecule has 1 aliphatic carbocycles. The Kier molecular flexibility index (Phi) is 5.17. The van der Waals surface area contributed by atoms with Gasteiger partial charge in [-0.1, -0.05) is 0 Å². The highest BCUT2D eigenvalue weighted by Gasteiger charge is 2.34. The van der Waals surface area contributed by atoms with Crippen molar-refractivity contribution in [3.63, 3.8) is 0 Å². The number of amides is 1. The lowest BCUT2D eigenvalue weighted by Gasteiger charge is -2.32. The molecule has 0 radical (unpaired) electrons. The minimum atomic E-state index is -0.759. The number of alkyl carbamates (subject to hydrolysis) is 1. The molecule has 0 saturated heterocycles. The second kappa shape index (κ2) is 6.23. The number of aliphatic hydroxyl groups is 1. The lowest BCUT2D eigenvalue weighted by atomic mass is 9.84. The fourth-order valence-corrected chi connectivity index (χ4v) is 2.15. The van der Waals surface area contributed by atoms with Crippen molar-refractivity contribution in [3.05, 3.63) is 0 Å². The molecule has 1 aliphatic rings. The van der Waals surface area contributed by atoms with E-state index in [1.165, 1.54) is 7.11 Å². The molecule has 6 heteroatoms. The zero-order valence-electron chi connectivity index (χ0n) is 11.9. The van der Waals surface area contributed by atoms with E-state index >= 15 is 0 Å². The number of rotatable bonds is 2. The minimum absolute atomic E-state index is 0.295. The summed E-state index contributed by atoms with van der Waals surface area (Å²) < 4.78 is 9.79. The lowest BCUT2D eigenvalue weighted by molar-refractivity contribution is -0.148. The molecule has 0 spiro atoms. The Hall–Kier alpha value is -1.30. The van der Waals surface area contributed by atoms with Crippen LogP contribution in [0.1, 0.15) is 40.0 Å². The molecule has 1 unspecified atom stereocenters. The first-order valence-corrected chi connectivity index (χ1v) is 6.48. The summed E-state index contributed by atoms with van der Waals surface area (Å²) in [5.41, 5.74) is -0.571. The Morgan fingerprint density at radius 2 is 1.89 bits per heavy atom. The van der Waals surface area contributed by atoms with Crippen LogP contribution in [0.15, 0.2) is 0 Å². The molecule has 6 nitrogen and oxygen atoms in total. The predicted molar refractivity (Wildman–Crippen MR) is 68.5 cm³/mol. The first kappa shape index (κ1) is 15.8. The minimum Gasteiger partial charge on any atom is -0.469 e. The van der Waals surface area contributed by atoms with E-state index in [1.807, 2.05) is 0 Å². The number of ether oxygens (including phenoxy) is 2. The molecule has 0 aromatic heterocycles. The SMILES string of the molecule is COC(=O)[C@@H]1CCC(NC(=O)OC(C)(C)C)[C@@H](O)C1. The molecule has 0 aromatic rings. The lowest BCUT2D eigenvalue weighted by Crippen LogP contribution is -2.49. The Bertz CT molecular complexity index is 336. The van der Waals surface area contributed by atoms with E-state index in [9.17, 15) is 14.7 Å². The van der Waals surface area contributed by atoms with Crippen LogP contribution >= 0.6 is 0 Å². The van der Waals surface area contributed by atoms with Gasteiger partial charge in [-0.15, -0.1) is 0 Å². The van der Waals surface area contributed by atoms with Crippen LogP contribution in [-0.2, 0) is 14.3 Å². The van der Waals surface area contributed by atoms with E-state index in [-0.39, 0.29) is 17.9 Å². The first-order valence-electron chi connectivity index (χ1n) is 6.48. The third-order valence-corrected chi connectivity index (χ3v) is 3.05. The monoisotopic (exact) mass is 273 g/mol. The quantitative estimate of drug-likeness (QED) is 0.739. The molecule has 0 bridgehead atoms. The number of aliphatic hydroxyl groups excluding tert-OH is 1. The Balaban J connectivity index is 2.46. The molecule has 0 aromatic carbocycles. The van der Waals surface area contributed by atoms with Crippen molar-refractivity contribution >= 4 is 12.1 Å². The molecular weight excluding hydrogens is 250 g/mol. The second-order valence-electron chi connectivity index (χ2n) is 5.85. The van der Waals surface area contributed by atoms with Gasteiger partial charge in [0.05, 0.1) is 25.2 Å². The molecule has 3 atom stereocenters. The number of carbonyl (C=O) groups is 2. The summed E-state index contributed by atoms with van der Waals surface area (Å²) >= 11 is 0. The summed E-state index contributed by atoms with van der Waals surface area (Å²) in [4.78, 5) is 23.0. The molecule has 1 amide bonds. The summed E-state index contributed by atoms with van der Waals surface area (Å²) in [6, 6.07) is -0.379. The van der Waals surface area contributed by atoms with Crippen LogP contribution in [-0.4, -0.2) is 42.0 Å². The topological polar surface area (TPSA) is 84.9 Å². The third-order valence-electron chi connectivity index (χ3n) is 3.05. The Morgan fingerprint density at radius 3 is 2.37 bits per heavy atom. The van der Waals surface area contributed by atoms with Gasteiger partial charge in [-0.2, -0.15) is 0 Å². The molecule has 1 fully saturated rings. The van der Waals surface area contributed by atoms with Crippen LogP contribution in [0.3, 0.4) is 0 Å². The number of hydrogen-bond acceptors (Lipinski definition) is 5. The zero-order chi connectivity index (χ0) is 14.6. The van der Waals surface area contributed by atoms with Crippen molar-refractivity contribution in [2.24, 2.45) is 5.92 Å². The maximum atomic E-state index is 11.6. The summed E-state index contributed by atoms with van der Waals surface area (Å²) in [5.74, 6) is -0.605. The molecular formula is C13H23NO5. The first-order chi connectivity index (χ1) is 8.73. The summed E-state index contributed by atoms with van der Waals surface area (Å²) in [6.45, 7) is 5.32. The molecule has 0 aliphatic heterocycles. The maximum absolute atomic E-state index is 11.6. The normalized spacial score (nSPS) is 27.5. The highest BCUT2D eigenvalue weighted by molar-refractivity contribution is 5.72. The Morgan fingerprint density at radius 1 is 1.26 bits per heavy atom. The van der Waals surface area contributed by atoms with Gasteiger partial charge < -0.3 is 19.9 Å². The third kappa shape index (κ3) is 5.06. The van der Waals surface area contributed by atoms with E-state index in [0.29, 0.717) is 19.3 Å². The van der Waals surface area contributed by atoms with Crippen LogP contribution in [0.5, 0.6) is 0 Å². The maximum Gasteiger partial charge on any atom is 0.407 e. The number of hydrogen-bond donors (Lipinski definition) is 2. The zero-order valence-corrected chi connectivity index (χ0v) is 11.9. The van der Waals surface area contributed by atoms with Crippen molar-refractivity contribution in [1.82, 2.24) is 5.32 Å². The number of methoxy groups -OCH3 is 1. The van der Waals surface area contributed by atoms with Gasteiger partial charge in [0.1, 0.15) is 5.60 Å². The van der Waals surface area contributed by atoms with Crippen LogP contribution in [0.4, 0.5) is 4.79 Å². The molecule has 0 heterocycles. The van der Waals surface area contributed by atoms with Crippen LogP contribution < -0.4 is 5.32 Å². The summed E-state index contributed by atoms with van der Waals surface area (Å²) in [5, 5.41) is 12.6. The standard InChI is InChI=1S/C13H23NO5/c1-13(2,3)19-12(17)14-9-6-5-8(7-10(9)15)11(16)18-4/h8-10,15H,5-7H2,1-4H3,(H,14,17)/t8-,9?,10+/m1/s1. The van der Waals surface area contributed by atoms with Gasteiger partial charge in [-0.05, 0) is 40.0 Å². The number of esters is 1. The van der Waals surface area contributed by atoms with E-state index in [2.05, 4.69) is 10.1 Å². The smallest absolute Gasteiger partial charge is 0.407 e. The average molecular weight is 273 g/mol. The molecule has 2 N–H and O–H groups in total. The van der Waals surface area contributed by atoms with Crippen LogP contribution in [0.2, 0.25) is 0 Å². The van der Waals surface area contributed by atoms with E-state index in [4.69, 9.17) is 4.74 Å². The molecule has 1 rings (SSSR count). The van der Waals surface area contributed by atoms with Gasteiger partial charge in [-0.3, -0.25) is 4.79 Å². The van der Waals surface area contributed by atoms with Gasteiger partial charge >= 0.3 is 12.1 Å². The van der Waals surface area contributed by atoms with Crippen molar-refractivity contribution < 1.29 is 24.2 Å². The van der Waals surface area contributed by atoms with E-state index in [0.717, 1.165) is 0 Å². The van der Waals surface area contributed by atoms with Crippen molar-refractivity contribution in [2.75, 3.05) is 7.11 Å². The van der Waals surface area contributed by atoms with E-state index in [1.54, 1.807) is 20.8 Å². The number of nitrogens with one attached hydrogen (secondary N) is 1. The highest BCUT2D eigenvalue weighted by Crippen LogP contribution is 2.26. The average Bonchev–Trinajstić information content (AvgIpc) is 2.28. The molecule has 1 saturated carbocycles. The van der Waals surface area contributed by atoms with Gasteiger partial charge in [0.2, 0.25) is 0 Å². The highest BCUT2D eigenvalue weighted by atomic mass is 16.6. The predicted octanol–water partition coefficient (Wildman–Crippen LogP) is 1.21. The van der Waals surface area contributed by atoms with Crippen molar-refractivity contribution in [2.45, 2.75) is 57.8 Å². The van der Waals surface area contributed by atoms with E-state index < -0.39 is 17.8 Å².